The maximum atomic E-state index is 11.4. The van der Waals surface area contributed by atoms with Crippen LogP contribution in [0.25, 0.3) is 0 Å². The summed E-state index contributed by atoms with van der Waals surface area (Å²) in [4.78, 5) is 4.80. The molecular weight excluding hydrogens is 513 g/mol. The van der Waals surface area contributed by atoms with Gasteiger partial charge in [-0.2, -0.15) is 0 Å². The lowest BCUT2D eigenvalue weighted by atomic mass is 10.2. The van der Waals surface area contributed by atoms with Crippen LogP contribution in [-0.2, 0) is 16.4 Å². The number of sulfone groups is 1. The van der Waals surface area contributed by atoms with Gasteiger partial charge in [-0.1, -0.05) is 23.7 Å². The molecule has 0 saturated carbocycles. The fraction of sp³-hybridized carbons (Fsp3) is 0.316. The highest BCUT2D eigenvalue weighted by molar-refractivity contribution is 14.0. The Kier molecular flexibility index (Phi) is 10.6. The van der Waals surface area contributed by atoms with Gasteiger partial charge >= 0.3 is 0 Å². The molecule has 154 valence electrons. The van der Waals surface area contributed by atoms with Crippen molar-refractivity contribution in [3.63, 3.8) is 0 Å². The monoisotopic (exact) mass is 537 g/mol. The zero-order chi connectivity index (χ0) is 19.7. The summed E-state index contributed by atoms with van der Waals surface area (Å²) in [6.07, 6.45) is 1.18. The molecule has 0 heterocycles. The summed E-state index contributed by atoms with van der Waals surface area (Å²) >= 11 is 5.89. The van der Waals surface area contributed by atoms with Crippen LogP contribution in [0.3, 0.4) is 0 Å². The van der Waals surface area contributed by atoms with Gasteiger partial charge in [-0.15, -0.1) is 24.0 Å². The van der Waals surface area contributed by atoms with Crippen molar-refractivity contribution in [3.8, 4) is 5.75 Å². The van der Waals surface area contributed by atoms with E-state index in [2.05, 4.69) is 15.6 Å². The number of benzene rings is 2. The lowest BCUT2D eigenvalue weighted by molar-refractivity contribution is 0.321. The van der Waals surface area contributed by atoms with Crippen LogP contribution in [0.5, 0.6) is 5.75 Å². The highest BCUT2D eigenvalue weighted by Gasteiger charge is 2.06. The molecule has 6 nitrogen and oxygen atoms in total. The maximum Gasteiger partial charge on any atom is 0.191 e. The van der Waals surface area contributed by atoms with E-state index in [1.165, 1.54) is 18.4 Å². The molecule has 28 heavy (non-hydrogen) atoms. The Hall–Kier alpha value is -1.52. The second-order valence-electron chi connectivity index (χ2n) is 5.84. The zero-order valence-corrected chi connectivity index (χ0v) is 19.7. The highest BCUT2D eigenvalue weighted by atomic mass is 127. The van der Waals surface area contributed by atoms with Crippen molar-refractivity contribution in [2.24, 2.45) is 4.99 Å². The van der Waals surface area contributed by atoms with Crippen molar-refractivity contribution in [2.45, 2.75) is 18.4 Å². The lowest BCUT2D eigenvalue weighted by Gasteiger charge is -2.12. The fourth-order valence-electron chi connectivity index (χ4n) is 2.22. The van der Waals surface area contributed by atoms with Crippen molar-refractivity contribution in [1.29, 1.82) is 0 Å². The number of halogens is 2. The molecule has 0 atom stereocenters. The zero-order valence-electron chi connectivity index (χ0n) is 15.8. The van der Waals surface area contributed by atoms with Crippen molar-refractivity contribution < 1.29 is 13.2 Å². The van der Waals surface area contributed by atoms with Crippen LogP contribution in [-0.4, -0.2) is 40.3 Å². The normalized spacial score (nSPS) is 11.5. The first-order chi connectivity index (χ1) is 12.9. The van der Waals surface area contributed by atoms with E-state index in [1.54, 1.807) is 12.1 Å². The first-order valence-corrected chi connectivity index (χ1v) is 10.8. The minimum absolute atomic E-state index is 0. The number of guanidine groups is 1. The second-order valence-corrected chi connectivity index (χ2v) is 8.29. The Morgan fingerprint density at radius 1 is 1.07 bits per heavy atom. The first-order valence-electron chi connectivity index (χ1n) is 8.58. The summed E-state index contributed by atoms with van der Waals surface area (Å²) in [5, 5.41) is 7.08. The van der Waals surface area contributed by atoms with Crippen LogP contribution in [0.2, 0.25) is 5.02 Å². The third kappa shape index (κ3) is 8.66. The number of nitrogens with one attached hydrogen (secondary N) is 2. The number of hydrogen-bond donors (Lipinski definition) is 2. The molecule has 0 aliphatic carbocycles. The van der Waals surface area contributed by atoms with E-state index < -0.39 is 9.84 Å². The summed E-state index contributed by atoms with van der Waals surface area (Å²) in [6, 6.07) is 13.9. The van der Waals surface area contributed by atoms with E-state index >= 15 is 0 Å². The van der Waals surface area contributed by atoms with Gasteiger partial charge in [-0.05, 0) is 48.9 Å². The summed E-state index contributed by atoms with van der Waals surface area (Å²) in [6.45, 7) is 4.27. The van der Waals surface area contributed by atoms with Crippen LogP contribution in [0.4, 0.5) is 0 Å². The maximum absolute atomic E-state index is 11.4. The molecule has 9 heteroatoms. The minimum atomic E-state index is -3.19. The SMILES string of the molecule is CCNC(=NCc1ccc(Cl)cc1)NCCOc1ccc(S(C)(=O)=O)cc1.I. The van der Waals surface area contributed by atoms with Gasteiger partial charge < -0.3 is 15.4 Å². The molecule has 0 unspecified atom stereocenters. The smallest absolute Gasteiger partial charge is 0.191 e. The van der Waals surface area contributed by atoms with E-state index in [4.69, 9.17) is 16.3 Å². The molecule has 0 aromatic heterocycles. The van der Waals surface area contributed by atoms with Crippen molar-refractivity contribution in [1.82, 2.24) is 10.6 Å². The minimum Gasteiger partial charge on any atom is -0.492 e. The Morgan fingerprint density at radius 3 is 2.29 bits per heavy atom. The average molecular weight is 538 g/mol. The molecule has 0 radical (unpaired) electrons. The van der Waals surface area contributed by atoms with Gasteiger partial charge in [0.15, 0.2) is 15.8 Å². The summed E-state index contributed by atoms with van der Waals surface area (Å²) < 4.78 is 28.5. The summed E-state index contributed by atoms with van der Waals surface area (Å²) in [5.74, 6) is 1.32. The number of hydrogen-bond acceptors (Lipinski definition) is 4. The van der Waals surface area contributed by atoms with Crippen molar-refractivity contribution in [2.75, 3.05) is 26.0 Å². The summed E-state index contributed by atoms with van der Waals surface area (Å²) in [7, 11) is -3.19. The summed E-state index contributed by atoms with van der Waals surface area (Å²) in [5.41, 5.74) is 1.07. The molecule has 0 bridgehead atoms. The van der Waals surface area contributed by atoms with Crippen LogP contribution < -0.4 is 15.4 Å². The van der Waals surface area contributed by atoms with Gasteiger partial charge in [0.05, 0.1) is 18.0 Å². The van der Waals surface area contributed by atoms with Crippen LogP contribution in [0.15, 0.2) is 58.4 Å². The van der Waals surface area contributed by atoms with E-state index in [9.17, 15) is 8.42 Å². The van der Waals surface area contributed by atoms with E-state index in [-0.39, 0.29) is 28.9 Å². The largest absolute Gasteiger partial charge is 0.492 e. The molecule has 2 aromatic carbocycles. The average Bonchev–Trinajstić information content (AvgIpc) is 2.64. The molecule has 2 rings (SSSR count). The second kappa shape index (κ2) is 12.1. The van der Waals surface area contributed by atoms with Crippen molar-refractivity contribution in [3.05, 3.63) is 59.1 Å². The molecule has 2 aromatic rings. The van der Waals surface area contributed by atoms with Gasteiger partial charge in [0.2, 0.25) is 0 Å². The lowest BCUT2D eigenvalue weighted by Crippen LogP contribution is -2.39. The van der Waals surface area contributed by atoms with Crippen LogP contribution >= 0.6 is 35.6 Å². The molecule has 0 saturated heterocycles. The molecule has 0 amide bonds. The molecule has 0 spiro atoms. The van der Waals surface area contributed by atoms with Gasteiger partial charge in [0.1, 0.15) is 12.4 Å². The van der Waals surface area contributed by atoms with Crippen LogP contribution in [0, 0.1) is 0 Å². The van der Waals surface area contributed by atoms with Crippen molar-refractivity contribution >= 4 is 51.4 Å². The number of ether oxygens (including phenoxy) is 1. The van der Waals surface area contributed by atoms with Gasteiger partial charge in [-0.3, -0.25) is 0 Å². The number of nitrogens with zero attached hydrogens (tertiary/aromatic N) is 1. The Bertz CT molecular complexity index is 857. The van der Waals surface area contributed by atoms with E-state index in [0.717, 1.165) is 12.1 Å². The standard InChI is InChI=1S/C19H24ClN3O3S.HI/c1-3-21-19(23-14-15-4-6-16(20)7-5-15)22-12-13-26-17-8-10-18(11-9-17)27(2,24)25;/h4-11H,3,12-14H2,1-2H3,(H2,21,22,23);1H. The predicted molar refractivity (Wildman–Crippen MR) is 125 cm³/mol. The van der Waals surface area contributed by atoms with Gasteiger partial charge in [0, 0.05) is 17.8 Å². The quantitative estimate of drug-likeness (QED) is 0.233. The predicted octanol–water partition coefficient (Wildman–Crippen LogP) is 3.50. The molecule has 0 aliphatic rings. The molecule has 0 aliphatic heterocycles. The van der Waals surface area contributed by atoms with Gasteiger partial charge in [-0.25, -0.2) is 13.4 Å². The van der Waals surface area contributed by atoms with E-state index in [1.807, 2.05) is 31.2 Å². The van der Waals surface area contributed by atoms with Crippen LogP contribution in [0.1, 0.15) is 12.5 Å². The number of rotatable bonds is 8. The Balaban J connectivity index is 0.00000392. The van der Waals surface area contributed by atoms with Gasteiger partial charge in [0.25, 0.3) is 0 Å². The Morgan fingerprint density at radius 2 is 1.71 bits per heavy atom. The third-order valence-corrected chi connectivity index (χ3v) is 4.97. The molecule has 0 fully saturated rings. The molecular formula is C19H25ClIN3O3S. The Labute approximate surface area is 188 Å². The number of aliphatic imine (C=N–C) groups is 1. The fourth-order valence-corrected chi connectivity index (χ4v) is 2.98. The topological polar surface area (TPSA) is 79.8 Å². The molecule has 2 N–H and O–H groups in total. The first kappa shape index (κ1) is 24.5. The third-order valence-electron chi connectivity index (χ3n) is 3.59. The van der Waals surface area contributed by atoms with E-state index in [0.29, 0.717) is 36.4 Å². The highest BCUT2D eigenvalue weighted by Crippen LogP contribution is 2.15.